The van der Waals surface area contributed by atoms with Gasteiger partial charge < -0.3 is 25.5 Å². The molecule has 2 aromatic heterocycles. The maximum Gasteiger partial charge on any atom is 0.151 e. The maximum atomic E-state index is 14.5. The van der Waals surface area contributed by atoms with Crippen molar-refractivity contribution >= 4 is 28.0 Å². The molecule has 0 atom stereocenters. The van der Waals surface area contributed by atoms with Gasteiger partial charge in [-0.1, -0.05) is 0 Å². The van der Waals surface area contributed by atoms with Crippen molar-refractivity contribution in [3.63, 3.8) is 0 Å². The molecule has 4 rings (SSSR count). The molecule has 0 aliphatic heterocycles. The zero-order chi connectivity index (χ0) is 21.8. The van der Waals surface area contributed by atoms with Crippen molar-refractivity contribution in [1.82, 2.24) is 9.97 Å². The number of methoxy groups -OCH3 is 1. The van der Waals surface area contributed by atoms with Gasteiger partial charge in [-0.2, -0.15) is 0 Å². The molecule has 0 saturated carbocycles. The minimum Gasteiger partial charge on any atom is -0.497 e. The summed E-state index contributed by atoms with van der Waals surface area (Å²) in [4.78, 5) is 7.16. The zero-order valence-corrected chi connectivity index (χ0v) is 16.9. The number of fused-ring (bicyclic) bond motifs is 1. The highest BCUT2D eigenvalue weighted by atomic mass is 19.1. The predicted molar refractivity (Wildman–Crippen MR) is 117 cm³/mol. The molecule has 8 heteroatoms. The molecule has 0 saturated heterocycles. The van der Waals surface area contributed by atoms with E-state index in [1.807, 2.05) is 24.4 Å². The molecule has 0 bridgehead atoms. The fourth-order valence-corrected chi connectivity index (χ4v) is 3.44. The number of rotatable bonds is 8. The predicted octanol–water partition coefficient (Wildman–Crippen LogP) is 4.74. The monoisotopic (exact) mass is 424 g/mol. The number of aromatic amines is 1. The van der Waals surface area contributed by atoms with Gasteiger partial charge in [-0.25, -0.2) is 8.78 Å². The van der Waals surface area contributed by atoms with Crippen LogP contribution in [0.3, 0.4) is 0 Å². The molecule has 0 fully saturated rings. The van der Waals surface area contributed by atoms with Crippen molar-refractivity contribution in [3.05, 3.63) is 77.8 Å². The van der Waals surface area contributed by atoms with E-state index in [1.165, 1.54) is 18.3 Å². The van der Waals surface area contributed by atoms with Crippen LogP contribution in [0.2, 0.25) is 0 Å². The lowest BCUT2D eigenvalue weighted by Crippen LogP contribution is -2.08. The van der Waals surface area contributed by atoms with Crippen molar-refractivity contribution in [2.24, 2.45) is 0 Å². The number of hydrogen-bond donors (Lipinski definition) is 4. The van der Waals surface area contributed by atoms with Crippen LogP contribution in [0, 0.1) is 11.6 Å². The van der Waals surface area contributed by atoms with E-state index < -0.39 is 11.6 Å². The van der Waals surface area contributed by atoms with Crippen LogP contribution in [0.5, 0.6) is 5.75 Å². The summed E-state index contributed by atoms with van der Waals surface area (Å²) in [5.41, 5.74) is 3.12. The number of ether oxygens (including phenoxy) is 1. The molecule has 160 valence electrons. The van der Waals surface area contributed by atoms with Crippen LogP contribution in [0.25, 0.3) is 10.9 Å². The molecule has 31 heavy (non-hydrogen) atoms. The first-order valence-corrected chi connectivity index (χ1v) is 9.77. The van der Waals surface area contributed by atoms with Gasteiger partial charge in [0.2, 0.25) is 0 Å². The number of halogens is 2. The van der Waals surface area contributed by atoms with Crippen LogP contribution in [0.4, 0.5) is 25.8 Å². The summed E-state index contributed by atoms with van der Waals surface area (Å²) in [6.45, 7) is 0.148. The summed E-state index contributed by atoms with van der Waals surface area (Å²) in [5.74, 6) is -0.624. The van der Waals surface area contributed by atoms with Gasteiger partial charge >= 0.3 is 0 Å². The molecular formula is C23H22F2N4O2. The average molecular weight is 424 g/mol. The zero-order valence-electron chi connectivity index (χ0n) is 16.9. The van der Waals surface area contributed by atoms with Crippen molar-refractivity contribution < 1.29 is 18.6 Å². The Labute approximate surface area is 177 Å². The minimum absolute atomic E-state index is 0.169. The molecule has 0 aliphatic carbocycles. The number of pyridine rings is 1. The van der Waals surface area contributed by atoms with Gasteiger partial charge in [0, 0.05) is 47.3 Å². The lowest BCUT2D eigenvalue weighted by atomic mass is 10.1. The van der Waals surface area contributed by atoms with E-state index in [4.69, 9.17) is 9.84 Å². The van der Waals surface area contributed by atoms with Crippen molar-refractivity contribution in [3.8, 4) is 5.75 Å². The topological polar surface area (TPSA) is 82.2 Å². The number of hydrogen-bond acceptors (Lipinski definition) is 5. The van der Waals surface area contributed by atoms with E-state index in [-0.39, 0.29) is 18.0 Å². The Balaban J connectivity index is 1.43. The molecule has 0 radical (unpaired) electrons. The fourth-order valence-electron chi connectivity index (χ4n) is 3.44. The third-order valence-corrected chi connectivity index (χ3v) is 4.98. The Bertz CT molecular complexity index is 1190. The summed E-state index contributed by atoms with van der Waals surface area (Å²) in [7, 11) is 1.61. The molecule has 4 aromatic rings. The molecule has 0 amide bonds. The first kappa shape index (κ1) is 20.6. The van der Waals surface area contributed by atoms with Crippen molar-refractivity contribution in [2.75, 3.05) is 24.3 Å². The SMILES string of the molecule is COc1ccc2c(CCNc3c(F)cc(Nc4ccnc(CO)c4)cc3F)c[nH]c2c1. The van der Waals surface area contributed by atoms with Crippen molar-refractivity contribution in [2.45, 2.75) is 13.0 Å². The van der Waals surface area contributed by atoms with E-state index in [0.29, 0.717) is 24.3 Å². The highest BCUT2D eigenvalue weighted by molar-refractivity contribution is 5.84. The third kappa shape index (κ3) is 4.59. The van der Waals surface area contributed by atoms with Gasteiger partial charge in [-0.15, -0.1) is 0 Å². The van der Waals surface area contributed by atoms with Gasteiger partial charge in [0.25, 0.3) is 0 Å². The molecule has 2 heterocycles. The molecule has 0 aliphatic rings. The lowest BCUT2D eigenvalue weighted by Gasteiger charge is -2.12. The summed E-state index contributed by atoms with van der Waals surface area (Å²) in [6, 6.07) is 11.5. The van der Waals surface area contributed by atoms with E-state index in [9.17, 15) is 8.78 Å². The molecule has 2 aromatic carbocycles. The quantitative estimate of drug-likeness (QED) is 0.328. The Morgan fingerprint density at radius 1 is 1.06 bits per heavy atom. The number of aromatic nitrogens is 2. The Kier molecular flexibility index (Phi) is 5.99. The molecule has 0 unspecified atom stereocenters. The van der Waals surface area contributed by atoms with E-state index >= 15 is 0 Å². The largest absolute Gasteiger partial charge is 0.497 e. The van der Waals surface area contributed by atoms with Gasteiger partial charge in [-0.3, -0.25) is 4.98 Å². The molecular weight excluding hydrogens is 402 g/mol. The number of H-pyrrole nitrogens is 1. The van der Waals surface area contributed by atoms with Crippen LogP contribution < -0.4 is 15.4 Å². The average Bonchev–Trinajstić information content (AvgIpc) is 3.17. The number of aliphatic hydroxyl groups excluding tert-OH is 1. The van der Waals surface area contributed by atoms with E-state index in [1.54, 1.807) is 19.2 Å². The van der Waals surface area contributed by atoms with Crippen LogP contribution >= 0.6 is 0 Å². The third-order valence-electron chi connectivity index (χ3n) is 4.98. The Hall–Kier alpha value is -3.65. The minimum atomic E-state index is -0.692. The first-order valence-electron chi connectivity index (χ1n) is 9.77. The lowest BCUT2D eigenvalue weighted by molar-refractivity contribution is 0.277. The van der Waals surface area contributed by atoms with Crippen LogP contribution in [0.15, 0.2) is 54.9 Å². The van der Waals surface area contributed by atoms with Gasteiger partial charge in [0.05, 0.1) is 19.4 Å². The van der Waals surface area contributed by atoms with Gasteiger partial charge in [-0.05, 0) is 48.4 Å². The molecule has 6 nitrogen and oxygen atoms in total. The molecule has 0 spiro atoms. The number of anilines is 3. The second-order valence-corrected chi connectivity index (χ2v) is 7.04. The highest BCUT2D eigenvalue weighted by Gasteiger charge is 2.12. The Morgan fingerprint density at radius 3 is 2.61 bits per heavy atom. The summed E-state index contributed by atoms with van der Waals surface area (Å²) in [5, 5.41) is 16.0. The number of nitrogens with zero attached hydrogens (tertiary/aromatic N) is 1. The van der Waals surface area contributed by atoms with E-state index in [2.05, 4.69) is 20.6 Å². The maximum absolute atomic E-state index is 14.5. The standard InChI is InChI=1S/C23H22F2N4O2/c1-31-18-2-3-19-14(12-28-22(19)11-18)4-6-27-23-20(24)9-16(10-21(23)25)29-15-5-7-26-17(8-15)13-30/h2-3,5,7-12,27-28,30H,4,6,13H2,1H3,(H,26,29). The smallest absolute Gasteiger partial charge is 0.151 e. The first-order chi connectivity index (χ1) is 15.1. The fraction of sp³-hybridized carbons (Fsp3) is 0.174. The van der Waals surface area contributed by atoms with Gasteiger partial charge in [0.1, 0.15) is 11.4 Å². The summed E-state index contributed by atoms with van der Waals surface area (Å²) < 4.78 is 34.3. The van der Waals surface area contributed by atoms with Crippen molar-refractivity contribution in [1.29, 1.82) is 0 Å². The van der Waals surface area contributed by atoms with Crippen LogP contribution in [-0.2, 0) is 13.0 Å². The second-order valence-electron chi connectivity index (χ2n) is 7.04. The summed E-state index contributed by atoms with van der Waals surface area (Å²) in [6.07, 6.45) is 3.99. The van der Waals surface area contributed by atoms with Gasteiger partial charge in [0.15, 0.2) is 11.6 Å². The molecule has 4 N–H and O–H groups in total. The normalized spacial score (nSPS) is 11.0. The van der Waals surface area contributed by atoms with Crippen LogP contribution in [-0.4, -0.2) is 28.7 Å². The second kappa shape index (κ2) is 9.01. The summed E-state index contributed by atoms with van der Waals surface area (Å²) >= 11 is 0. The number of aliphatic hydroxyl groups is 1. The highest BCUT2D eigenvalue weighted by Crippen LogP contribution is 2.27. The van der Waals surface area contributed by atoms with E-state index in [0.717, 1.165) is 22.2 Å². The number of benzene rings is 2. The number of nitrogens with one attached hydrogen (secondary N) is 3. The Morgan fingerprint density at radius 2 is 1.87 bits per heavy atom. The van der Waals surface area contributed by atoms with Crippen LogP contribution in [0.1, 0.15) is 11.3 Å².